The van der Waals surface area contributed by atoms with Crippen LogP contribution in [0.2, 0.25) is 5.02 Å². The quantitative estimate of drug-likeness (QED) is 0.647. The van der Waals surface area contributed by atoms with Gasteiger partial charge in [-0.1, -0.05) is 41.9 Å². The predicted molar refractivity (Wildman–Crippen MR) is 113 cm³/mol. The first-order valence-corrected chi connectivity index (χ1v) is 11.3. The molecule has 0 unspecified atom stereocenters. The van der Waals surface area contributed by atoms with Crippen molar-refractivity contribution in [2.24, 2.45) is 0 Å². The lowest BCUT2D eigenvalue weighted by Crippen LogP contribution is -2.24. The molecule has 1 aromatic heterocycles. The van der Waals surface area contributed by atoms with Crippen LogP contribution in [0.15, 0.2) is 53.4 Å². The van der Waals surface area contributed by atoms with E-state index in [9.17, 15) is 13.2 Å². The maximum absolute atomic E-state index is 12.7. The Balaban J connectivity index is 1.73. The van der Waals surface area contributed by atoms with Crippen molar-refractivity contribution in [2.45, 2.75) is 31.8 Å². The topological polar surface area (TPSA) is 81.1 Å². The number of aromatic nitrogens is 2. The number of hydrogen-bond acceptors (Lipinski definition) is 4. The van der Waals surface area contributed by atoms with Crippen LogP contribution in [0.1, 0.15) is 32.9 Å². The molecule has 8 heteroatoms. The number of benzene rings is 2. The molecule has 0 saturated heterocycles. The zero-order valence-electron chi connectivity index (χ0n) is 16.4. The van der Waals surface area contributed by atoms with Crippen LogP contribution < -0.4 is 5.32 Å². The molecule has 3 aromatic rings. The van der Waals surface area contributed by atoms with Crippen molar-refractivity contribution in [1.82, 2.24) is 15.1 Å². The standard InChI is InChI=1S/C21H22ClN3O3S/c1-14-20(15(2)25(24-14)13-17-6-4-5-7-19(17)22)21(26)23-12-16-8-10-18(11-9-16)29(3,27)28/h4-11H,12-13H2,1-3H3,(H,23,26). The van der Waals surface area contributed by atoms with Crippen LogP contribution in [0.4, 0.5) is 0 Å². The monoisotopic (exact) mass is 431 g/mol. The summed E-state index contributed by atoms with van der Waals surface area (Å²) in [6.45, 7) is 4.42. The zero-order valence-corrected chi connectivity index (χ0v) is 18.0. The van der Waals surface area contributed by atoms with Gasteiger partial charge in [0.2, 0.25) is 0 Å². The molecule has 1 heterocycles. The summed E-state index contributed by atoms with van der Waals surface area (Å²) in [4.78, 5) is 13.0. The summed E-state index contributed by atoms with van der Waals surface area (Å²) in [7, 11) is -3.24. The molecule has 0 spiro atoms. The highest BCUT2D eigenvalue weighted by Gasteiger charge is 2.19. The van der Waals surface area contributed by atoms with Gasteiger partial charge in [-0.05, 0) is 43.2 Å². The Morgan fingerprint density at radius 3 is 2.38 bits per heavy atom. The molecule has 1 amide bonds. The molecule has 0 radical (unpaired) electrons. The number of amides is 1. The zero-order chi connectivity index (χ0) is 21.2. The van der Waals surface area contributed by atoms with Crippen molar-refractivity contribution in [3.63, 3.8) is 0 Å². The van der Waals surface area contributed by atoms with Gasteiger partial charge < -0.3 is 5.32 Å². The molecule has 6 nitrogen and oxygen atoms in total. The van der Waals surface area contributed by atoms with Crippen molar-refractivity contribution in [2.75, 3.05) is 6.26 Å². The Morgan fingerprint density at radius 1 is 1.10 bits per heavy atom. The molecule has 29 heavy (non-hydrogen) atoms. The van der Waals surface area contributed by atoms with E-state index in [4.69, 9.17) is 11.6 Å². The van der Waals surface area contributed by atoms with Gasteiger partial charge in [-0.2, -0.15) is 5.10 Å². The minimum absolute atomic E-state index is 0.224. The second-order valence-corrected chi connectivity index (χ2v) is 9.32. The predicted octanol–water partition coefficient (Wildman–Crippen LogP) is 3.54. The van der Waals surface area contributed by atoms with Crippen LogP contribution in [0.3, 0.4) is 0 Å². The van der Waals surface area contributed by atoms with Crippen LogP contribution in [-0.2, 0) is 22.9 Å². The number of hydrogen-bond donors (Lipinski definition) is 1. The molecule has 0 atom stereocenters. The van der Waals surface area contributed by atoms with Crippen LogP contribution >= 0.6 is 11.6 Å². The van der Waals surface area contributed by atoms with Crippen molar-refractivity contribution >= 4 is 27.3 Å². The number of carbonyl (C=O) groups is 1. The molecule has 2 aromatic carbocycles. The van der Waals surface area contributed by atoms with E-state index in [1.165, 1.54) is 12.1 Å². The number of carbonyl (C=O) groups excluding carboxylic acids is 1. The van der Waals surface area contributed by atoms with Gasteiger partial charge in [0.15, 0.2) is 9.84 Å². The minimum atomic E-state index is -3.24. The molecule has 1 N–H and O–H groups in total. The first kappa shape index (κ1) is 21.1. The van der Waals surface area contributed by atoms with Gasteiger partial charge in [-0.15, -0.1) is 0 Å². The Morgan fingerprint density at radius 2 is 1.76 bits per heavy atom. The van der Waals surface area contributed by atoms with E-state index in [1.54, 1.807) is 23.7 Å². The van der Waals surface area contributed by atoms with Crippen LogP contribution in [0, 0.1) is 13.8 Å². The molecule has 0 aliphatic rings. The second-order valence-electron chi connectivity index (χ2n) is 6.89. The number of aryl methyl sites for hydroxylation is 1. The van der Waals surface area contributed by atoms with Crippen LogP contribution in [0.5, 0.6) is 0 Å². The first-order valence-electron chi connectivity index (χ1n) is 9.01. The summed E-state index contributed by atoms with van der Waals surface area (Å²) in [5.41, 5.74) is 3.67. The smallest absolute Gasteiger partial charge is 0.255 e. The molecule has 0 aliphatic heterocycles. The van der Waals surface area contributed by atoms with Gasteiger partial charge in [-0.25, -0.2) is 8.42 Å². The Labute approximate surface area is 175 Å². The molecule has 0 saturated carbocycles. The maximum Gasteiger partial charge on any atom is 0.255 e. The van der Waals surface area contributed by atoms with Gasteiger partial charge >= 0.3 is 0 Å². The Kier molecular flexibility index (Phi) is 6.10. The summed E-state index contributed by atoms with van der Waals surface area (Å²) in [5.74, 6) is -0.224. The third-order valence-corrected chi connectivity index (χ3v) is 6.19. The summed E-state index contributed by atoms with van der Waals surface area (Å²) in [5, 5.41) is 8.02. The summed E-state index contributed by atoms with van der Waals surface area (Å²) in [6, 6.07) is 14.0. The number of halogens is 1. The molecule has 0 fully saturated rings. The van der Waals surface area contributed by atoms with E-state index in [2.05, 4.69) is 10.4 Å². The van der Waals surface area contributed by atoms with Gasteiger partial charge in [0, 0.05) is 23.5 Å². The van der Waals surface area contributed by atoms with E-state index in [0.29, 0.717) is 22.8 Å². The van der Waals surface area contributed by atoms with Gasteiger partial charge in [-0.3, -0.25) is 9.48 Å². The molecular weight excluding hydrogens is 410 g/mol. The lowest BCUT2D eigenvalue weighted by molar-refractivity contribution is 0.0949. The van der Waals surface area contributed by atoms with Crippen molar-refractivity contribution in [3.8, 4) is 0 Å². The van der Waals surface area contributed by atoms with E-state index in [1.807, 2.05) is 31.2 Å². The molecule has 152 valence electrons. The number of nitrogens with zero attached hydrogens (tertiary/aromatic N) is 2. The molecular formula is C21H22ClN3O3S. The SMILES string of the molecule is Cc1nn(Cc2ccccc2Cl)c(C)c1C(=O)NCc1ccc(S(C)(=O)=O)cc1. The van der Waals surface area contributed by atoms with Gasteiger partial charge in [0.05, 0.1) is 22.7 Å². The Hall–Kier alpha value is -2.64. The van der Waals surface area contributed by atoms with Crippen LogP contribution in [-0.4, -0.2) is 30.4 Å². The largest absolute Gasteiger partial charge is 0.348 e. The number of nitrogens with one attached hydrogen (secondary N) is 1. The van der Waals surface area contributed by atoms with Gasteiger partial charge in [0.25, 0.3) is 5.91 Å². The van der Waals surface area contributed by atoms with Crippen molar-refractivity contribution < 1.29 is 13.2 Å². The average molecular weight is 432 g/mol. The van der Waals surface area contributed by atoms with E-state index in [0.717, 1.165) is 23.1 Å². The molecule has 0 aliphatic carbocycles. The van der Waals surface area contributed by atoms with Crippen molar-refractivity contribution in [3.05, 3.63) is 81.6 Å². The normalized spacial score (nSPS) is 11.4. The minimum Gasteiger partial charge on any atom is -0.348 e. The fourth-order valence-electron chi connectivity index (χ4n) is 3.09. The fourth-order valence-corrected chi connectivity index (χ4v) is 3.92. The van der Waals surface area contributed by atoms with E-state index in [-0.39, 0.29) is 17.3 Å². The third kappa shape index (κ3) is 4.86. The third-order valence-electron chi connectivity index (χ3n) is 4.69. The second kappa shape index (κ2) is 8.39. The summed E-state index contributed by atoms with van der Waals surface area (Å²) >= 11 is 6.23. The first-order chi connectivity index (χ1) is 13.7. The highest BCUT2D eigenvalue weighted by atomic mass is 35.5. The number of rotatable bonds is 6. The fraction of sp³-hybridized carbons (Fsp3) is 0.238. The maximum atomic E-state index is 12.7. The van der Waals surface area contributed by atoms with Gasteiger partial charge in [0.1, 0.15) is 0 Å². The summed E-state index contributed by atoms with van der Waals surface area (Å²) < 4.78 is 24.8. The van der Waals surface area contributed by atoms with Crippen LogP contribution in [0.25, 0.3) is 0 Å². The van der Waals surface area contributed by atoms with E-state index < -0.39 is 9.84 Å². The van der Waals surface area contributed by atoms with Crippen molar-refractivity contribution in [1.29, 1.82) is 0 Å². The highest BCUT2D eigenvalue weighted by Crippen LogP contribution is 2.19. The molecule has 3 rings (SSSR count). The number of sulfone groups is 1. The lowest BCUT2D eigenvalue weighted by atomic mass is 10.1. The molecule has 0 bridgehead atoms. The highest BCUT2D eigenvalue weighted by molar-refractivity contribution is 7.90. The van der Waals surface area contributed by atoms with E-state index >= 15 is 0 Å². The Bertz CT molecular complexity index is 1150. The average Bonchev–Trinajstić information content (AvgIpc) is 2.94. The lowest BCUT2D eigenvalue weighted by Gasteiger charge is -2.08. The summed E-state index contributed by atoms with van der Waals surface area (Å²) in [6.07, 6.45) is 1.16.